The number of anilines is 3. The number of imidazole rings is 2. The summed E-state index contributed by atoms with van der Waals surface area (Å²) < 4.78 is 106. The van der Waals surface area contributed by atoms with Gasteiger partial charge in [0, 0.05) is 49.4 Å². The minimum Gasteiger partial charge on any atom is -0.390 e. The van der Waals surface area contributed by atoms with Crippen LogP contribution in [0.3, 0.4) is 0 Å². The molecule has 114 heavy (non-hydrogen) atoms. The number of phosphoric acid groups is 3. The Labute approximate surface area is 630 Å². The summed E-state index contributed by atoms with van der Waals surface area (Å²) in [6, 6.07) is 4.34. The van der Waals surface area contributed by atoms with Crippen LogP contribution in [0.15, 0.2) is 108 Å². The van der Waals surface area contributed by atoms with E-state index < -0.39 is 244 Å². The molecule has 6 fully saturated rings. The van der Waals surface area contributed by atoms with Gasteiger partial charge in [0.25, 0.3) is 16.7 Å². The van der Waals surface area contributed by atoms with E-state index >= 15 is 0 Å². The second-order valence-electron chi connectivity index (χ2n) is 25.6. The molecule has 0 saturated carbocycles. The van der Waals surface area contributed by atoms with Crippen molar-refractivity contribution in [2.75, 3.05) is 56.8 Å². The molecule has 58 heteroatoms. The molecule has 6 aliphatic rings. The predicted octanol–water partition coefficient (Wildman–Crippen LogP) is -10.6. The molecule has 0 aromatic carbocycles. The van der Waals surface area contributed by atoms with Crippen molar-refractivity contribution in [3.05, 3.63) is 147 Å². The Morgan fingerprint density at radius 2 is 0.675 bits per heavy atom. The summed E-state index contributed by atoms with van der Waals surface area (Å²) in [7, 11) is -14.4. The maximum Gasteiger partial charge on any atom is 0.472 e. The molecule has 0 aliphatic carbocycles. The standard InChI is InChI=1S/C20H25N10O10P.C18H24N5O12P.C18H23N4O14P/c21-15-9-17(25-3-23-15)29(5-27-9)19-13(33)11(31)7(39-19)1-37-41(35,36)38-2-8-12(32)14(34)20(40-8)30-6-28-10-16(22)24-4-26-18(10)30;19-11-1-3-22(17(28)20-11)13-5-8(24)9(34-13)6-32-36(30,31)33-7-10-14(26)15(27)16(35-10)23-4-2-12(25)21-18(23)29;23-9-1-3-21(17(29)19-9)15-13(27)11(25)7(35-15)5-33-37(31,32)34-6-8-12(26)14(28)16(36-8)22-4-2-10(24)20-18(22)30/h3-8,11-14,19-20,31-34H,1-2H2,(H,35,36)(H2,21,23,25)(H2,22,24,26);1-4,8-10,13-16,24,26-27H,5-7H2,(H,30,31)(H2,19,20,28)(H,21,25,29);1-4,7-8,11-16,25-28H,5-6H2,(H,31,32)(H,19,23,29)(H,20,24,30)/t7-,8?,11-,12-,13-,14-,19-,20-;8-,9?,10+,13+,14+,15+,16+;7-,8?,11-,12-,13-,14-,15-,16-/m101/s1. The van der Waals surface area contributed by atoms with Crippen molar-refractivity contribution in [2.45, 2.75) is 148 Å². The number of ether oxygens (including phenoxy) is 6. The number of hydrogen-bond donors (Lipinski definition) is 20. The first-order valence-electron chi connectivity index (χ1n) is 33.3. The number of nitrogens with two attached hydrogens (primary N) is 3. The third-order valence-electron chi connectivity index (χ3n) is 18.2. The predicted molar refractivity (Wildman–Crippen MR) is 366 cm³/mol. The number of aromatic amines is 3. The molecule has 14 heterocycles. The van der Waals surface area contributed by atoms with E-state index in [0.29, 0.717) is 0 Å². The van der Waals surface area contributed by atoms with Gasteiger partial charge >= 0.3 is 46.2 Å². The fourth-order valence-corrected chi connectivity index (χ4v) is 14.5. The SMILES string of the molecule is Nc1ccn([C@H]2C[C@H](O)C(COP(=O)(O)OC[C@H]3O[C@@H](n4ccc(=O)[nH]c4=O)[C@H](O)[C@@H]3O)O2)c(=O)n1.Nc1ncnc2c1ncn2[C@@H]1O[C@H](COP(=O)(O)OCC2O[C@@H](n3cnc4c(N)ncnc43)[C@H](O)[C@@H]2O)[C@@H](O)[C@H]1O.O=c1ccn([C@@H]2O[C@H](COP(=O)(O)OCC3O[C@@H](n4ccc(=O)[nH]c4=O)[C@H](O)[C@@H]3O)[C@@H](O)[C@H]2O)c(=O)[nH]1. The molecule has 55 nitrogen and oxygen atoms in total. The number of fused-ring (bicyclic) bond motifs is 2. The topological polar surface area (TPSA) is 810 Å². The van der Waals surface area contributed by atoms with Gasteiger partial charge in [-0.3, -0.25) is 83.9 Å². The van der Waals surface area contributed by atoms with Gasteiger partial charge in [-0.1, -0.05) is 0 Å². The van der Waals surface area contributed by atoms with Crippen LogP contribution in [0, 0.1) is 0 Å². The summed E-state index contributed by atoms with van der Waals surface area (Å²) in [6.07, 6.45) is -22.8. The third-order valence-corrected chi connectivity index (χ3v) is 21.0. The first kappa shape index (κ1) is 84.5. The Balaban J connectivity index is 0.000000159. The highest BCUT2D eigenvalue weighted by Crippen LogP contribution is 2.49. The molecular weight excluding hydrogens is 1610 g/mol. The molecular formula is C56H72N19O36P3. The molecule has 8 aromatic heterocycles. The molecule has 0 amide bonds. The molecule has 622 valence electrons. The lowest BCUT2D eigenvalue weighted by molar-refractivity contribution is -0.0641. The fourth-order valence-electron chi connectivity index (χ4n) is 12.3. The first-order chi connectivity index (χ1) is 53.9. The molecule has 0 bridgehead atoms. The number of aromatic nitrogens is 16. The molecule has 6 saturated heterocycles. The van der Waals surface area contributed by atoms with Crippen LogP contribution < -0.4 is 56.6 Å². The van der Waals surface area contributed by atoms with Gasteiger partial charge in [0.15, 0.2) is 54.1 Å². The summed E-state index contributed by atoms with van der Waals surface area (Å²) in [6.45, 7) is -4.20. The first-order valence-corrected chi connectivity index (χ1v) is 37.8. The highest BCUT2D eigenvalue weighted by Gasteiger charge is 2.51. The molecule has 8 aromatic rings. The Bertz CT molecular complexity index is 5140. The van der Waals surface area contributed by atoms with E-state index in [4.69, 9.17) is 72.8 Å². The zero-order valence-corrected chi connectivity index (χ0v) is 60.5. The minimum absolute atomic E-state index is 0.00834. The molecule has 0 spiro atoms. The minimum atomic E-state index is -4.88. The lowest BCUT2D eigenvalue weighted by Crippen LogP contribution is -2.37. The summed E-state index contributed by atoms with van der Waals surface area (Å²) >= 11 is 0. The maximum atomic E-state index is 12.6. The smallest absolute Gasteiger partial charge is 0.390 e. The van der Waals surface area contributed by atoms with Crippen molar-refractivity contribution in [3.8, 4) is 0 Å². The highest BCUT2D eigenvalue weighted by atomic mass is 31.2. The summed E-state index contributed by atoms with van der Waals surface area (Å²) in [5.41, 5.74) is 12.4. The monoisotopic (exact) mass is 1680 g/mol. The third kappa shape index (κ3) is 18.5. The quantitative estimate of drug-likeness (QED) is 0.0250. The molecule has 23 N–H and O–H groups in total. The number of rotatable bonds is 24. The zero-order chi connectivity index (χ0) is 82.3. The molecule has 14 rings (SSSR count). The van der Waals surface area contributed by atoms with E-state index in [2.05, 4.69) is 34.9 Å². The van der Waals surface area contributed by atoms with Gasteiger partial charge in [0.1, 0.15) is 133 Å². The molecule has 6 unspecified atom stereocenters. The van der Waals surface area contributed by atoms with Gasteiger partial charge in [0.2, 0.25) is 0 Å². The highest BCUT2D eigenvalue weighted by molar-refractivity contribution is 7.47. The number of nitrogen functional groups attached to an aromatic ring is 3. The van der Waals surface area contributed by atoms with Crippen LogP contribution in [0.25, 0.3) is 22.3 Å². The van der Waals surface area contributed by atoms with E-state index in [-0.39, 0.29) is 46.2 Å². The van der Waals surface area contributed by atoms with Gasteiger partial charge in [0.05, 0.1) is 58.4 Å². The average Bonchev–Trinajstić information content (AvgIpc) is 1.63. The Morgan fingerprint density at radius 1 is 0.386 bits per heavy atom. The number of aliphatic hydroxyl groups is 11. The van der Waals surface area contributed by atoms with Crippen LogP contribution in [0.1, 0.15) is 43.8 Å². The Morgan fingerprint density at radius 3 is 0.974 bits per heavy atom. The van der Waals surface area contributed by atoms with Crippen LogP contribution in [0.4, 0.5) is 17.5 Å². The maximum absolute atomic E-state index is 12.6. The molecule has 6 aliphatic heterocycles. The summed E-state index contributed by atoms with van der Waals surface area (Å²) in [5.74, 6) is 0.216. The van der Waals surface area contributed by atoms with Gasteiger partial charge in [-0.25, -0.2) is 62.8 Å². The number of H-pyrrole nitrogens is 3. The van der Waals surface area contributed by atoms with Gasteiger partial charge in [-0.15, -0.1) is 0 Å². The molecule has 26 atom stereocenters. The van der Waals surface area contributed by atoms with Crippen molar-refractivity contribution in [1.82, 2.24) is 77.2 Å². The van der Waals surface area contributed by atoms with Crippen molar-refractivity contribution in [2.24, 2.45) is 0 Å². The van der Waals surface area contributed by atoms with Crippen LogP contribution in [-0.4, -0.2) is 292 Å². The molecule has 0 radical (unpaired) electrons. The largest absolute Gasteiger partial charge is 0.472 e. The van der Waals surface area contributed by atoms with Crippen molar-refractivity contribution in [1.29, 1.82) is 0 Å². The van der Waals surface area contributed by atoms with Gasteiger partial charge in [-0.2, -0.15) is 4.98 Å². The second-order valence-corrected chi connectivity index (χ2v) is 30.0. The van der Waals surface area contributed by atoms with E-state index in [1.807, 2.05) is 15.0 Å². The summed E-state index contributed by atoms with van der Waals surface area (Å²) in [4.78, 5) is 145. The van der Waals surface area contributed by atoms with Crippen LogP contribution in [-0.2, 0) is 69.3 Å². The lowest BCUT2D eigenvalue weighted by Gasteiger charge is -2.20. The van der Waals surface area contributed by atoms with Crippen LogP contribution in [0.5, 0.6) is 0 Å². The number of nitrogens with zero attached hydrogens (tertiary/aromatic N) is 13. The summed E-state index contributed by atoms with van der Waals surface area (Å²) in [5, 5.41) is 113. The van der Waals surface area contributed by atoms with E-state index in [1.165, 1.54) is 46.7 Å². The van der Waals surface area contributed by atoms with Gasteiger partial charge < -0.3 is 116 Å². The van der Waals surface area contributed by atoms with E-state index in [0.717, 1.165) is 55.1 Å². The fraction of sp³-hybridized carbons (Fsp3) is 0.536. The number of nitrogens with one attached hydrogen (secondary N) is 3. The average molecular weight is 1680 g/mol. The van der Waals surface area contributed by atoms with Gasteiger partial charge in [-0.05, 0) is 6.07 Å². The van der Waals surface area contributed by atoms with Crippen molar-refractivity contribution >= 4 is 63.2 Å². The number of phosphoric ester groups is 3. The second kappa shape index (κ2) is 34.5. The lowest BCUT2D eigenvalue weighted by atomic mass is 10.1. The zero-order valence-electron chi connectivity index (χ0n) is 57.8. The van der Waals surface area contributed by atoms with Crippen LogP contribution in [0.2, 0.25) is 0 Å². The van der Waals surface area contributed by atoms with Crippen LogP contribution >= 0.6 is 23.5 Å². The Kier molecular flexibility index (Phi) is 25.5. The number of hydrogen-bond acceptors (Lipinski definition) is 43. The van der Waals surface area contributed by atoms with Crippen molar-refractivity contribution < 1.29 is 140 Å². The van der Waals surface area contributed by atoms with E-state index in [1.54, 1.807) is 0 Å². The van der Waals surface area contributed by atoms with Crippen molar-refractivity contribution in [3.63, 3.8) is 0 Å². The van der Waals surface area contributed by atoms with E-state index in [9.17, 15) is 118 Å². The normalized spacial score (nSPS) is 32.4. The Hall–Kier alpha value is -8.93. The number of aliphatic hydroxyl groups excluding tert-OH is 11.